The number of benzene rings is 13. The molecule has 338 valence electrons. The lowest BCUT2D eigenvalue weighted by Crippen LogP contribution is -2.09. The van der Waals surface area contributed by atoms with Crippen LogP contribution < -0.4 is 9.80 Å². The van der Waals surface area contributed by atoms with Gasteiger partial charge in [0.2, 0.25) is 0 Å². The topological polar surface area (TPSA) is 6.48 Å². The highest BCUT2D eigenvalue weighted by molar-refractivity contribution is 6.02. The lowest BCUT2D eigenvalue weighted by molar-refractivity contribution is 1.28. The van der Waals surface area contributed by atoms with Crippen molar-refractivity contribution in [2.75, 3.05) is 9.80 Å². The van der Waals surface area contributed by atoms with Crippen LogP contribution in [0.2, 0.25) is 0 Å². The quantitative estimate of drug-likeness (QED) is 0.126. The molecule has 13 aromatic carbocycles. The van der Waals surface area contributed by atoms with Crippen molar-refractivity contribution >= 4 is 77.2 Å². The third kappa shape index (κ3) is 8.31. The second-order valence-electron chi connectivity index (χ2n) is 18.6. The Hall–Kier alpha value is -9.50. The monoisotopic (exact) mass is 916 g/mol. The molecule has 2 heteroatoms. The van der Waals surface area contributed by atoms with E-state index in [1.807, 2.05) is 0 Å². The van der Waals surface area contributed by atoms with Crippen molar-refractivity contribution in [3.63, 3.8) is 0 Å². The zero-order valence-electron chi connectivity index (χ0n) is 39.6. The van der Waals surface area contributed by atoms with E-state index in [0.29, 0.717) is 0 Å². The van der Waals surface area contributed by atoms with Crippen LogP contribution >= 0.6 is 0 Å². The van der Waals surface area contributed by atoms with E-state index in [9.17, 15) is 0 Å². The molecule has 2 nitrogen and oxygen atoms in total. The largest absolute Gasteiger partial charge is 0.311 e. The van der Waals surface area contributed by atoms with Gasteiger partial charge in [0.15, 0.2) is 0 Å². The molecule has 72 heavy (non-hydrogen) atoms. The van der Waals surface area contributed by atoms with Gasteiger partial charge in [0.1, 0.15) is 0 Å². The fraction of sp³-hybridized carbons (Fsp3) is 0. The summed E-state index contributed by atoms with van der Waals surface area (Å²) in [4.78, 5) is 4.60. The zero-order chi connectivity index (χ0) is 47.8. The fourth-order valence-corrected chi connectivity index (χ4v) is 10.4. The summed E-state index contributed by atoms with van der Waals surface area (Å²) in [7, 11) is 0. The van der Waals surface area contributed by atoms with Crippen LogP contribution in [0.3, 0.4) is 0 Å². The molecule has 0 aliphatic carbocycles. The number of fused-ring (bicyclic) bond motifs is 4. The van der Waals surface area contributed by atoms with Crippen molar-refractivity contribution in [2.45, 2.75) is 0 Å². The molecule has 0 amide bonds. The van der Waals surface area contributed by atoms with Gasteiger partial charge >= 0.3 is 0 Å². The van der Waals surface area contributed by atoms with E-state index < -0.39 is 0 Å². The Bertz CT molecular complexity index is 3710. The van der Waals surface area contributed by atoms with Crippen LogP contribution in [0, 0.1) is 0 Å². The standard InChI is InChI=1S/C70H48N2/c1-5-13-65(14-6-1)71(66-15-7-2-8-16-66)69-37-33-49(34-38-69)51-21-23-55-43-57(27-25-53(55)41-51)59-29-31-61-48-64-46-60(30-32-62(64)47-63(61)45-59)58-28-26-54-42-52(22-24-56(54)44-58)50-35-39-70(40-36-50)72(67-17-9-3-10-18-67)68-19-11-4-12-20-68/h1-48H. The van der Waals surface area contributed by atoms with Gasteiger partial charge in [-0.3, -0.25) is 0 Å². The summed E-state index contributed by atoms with van der Waals surface area (Å²) < 4.78 is 0. The van der Waals surface area contributed by atoms with E-state index in [4.69, 9.17) is 0 Å². The van der Waals surface area contributed by atoms with Crippen LogP contribution in [0.15, 0.2) is 291 Å². The smallest absolute Gasteiger partial charge is 0.0462 e. The molecule has 0 unspecified atom stereocenters. The molecule has 0 N–H and O–H groups in total. The molecule has 0 radical (unpaired) electrons. The molecule has 0 aliphatic heterocycles. The van der Waals surface area contributed by atoms with Gasteiger partial charge < -0.3 is 9.80 Å². The zero-order valence-corrected chi connectivity index (χ0v) is 39.6. The summed E-state index contributed by atoms with van der Waals surface area (Å²) in [5.74, 6) is 0. The predicted molar refractivity (Wildman–Crippen MR) is 308 cm³/mol. The average Bonchev–Trinajstić information content (AvgIpc) is 3.45. The Morgan fingerprint density at radius 2 is 0.333 bits per heavy atom. The van der Waals surface area contributed by atoms with Gasteiger partial charge in [-0.1, -0.05) is 170 Å². The Morgan fingerprint density at radius 3 is 0.597 bits per heavy atom. The van der Waals surface area contributed by atoms with Crippen molar-refractivity contribution in [2.24, 2.45) is 0 Å². The summed E-state index contributed by atoms with van der Waals surface area (Å²) in [6.07, 6.45) is 0. The number of hydrogen-bond acceptors (Lipinski definition) is 2. The van der Waals surface area contributed by atoms with Gasteiger partial charge in [0, 0.05) is 34.1 Å². The molecule has 0 atom stereocenters. The van der Waals surface area contributed by atoms with Gasteiger partial charge in [0.05, 0.1) is 0 Å². The van der Waals surface area contributed by atoms with Gasteiger partial charge in [-0.2, -0.15) is 0 Å². The fourth-order valence-electron chi connectivity index (χ4n) is 10.4. The maximum absolute atomic E-state index is 2.34. The third-order valence-electron chi connectivity index (χ3n) is 14.1. The minimum Gasteiger partial charge on any atom is -0.311 e. The van der Waals surface area contributed by atoms with E-state index in [2.05, 4.69) is 301 Å². The van der Waals surface area contributed by atoms with Crippen molar-refractivity contribution in [1.82, 2.24) is 0 Å². The molecule has 0 aromatic heterocycles. The first-order chi connectivity index (χ1) is 35.6. The van der Waals surface area contributed by atoms with Gasteiger partial charge in [0.25, 0.3) is 0 Å². The Morgan fingerprint density at radius 1 is 0.139 bits per heavy atom. The molecule has 0 heterocycles. The summed E-state index contributed by atoms with van der Waals surface area (Å²) in [5.41, 5.74) is 16.5. The van der Waals surface area contributed by atoms with Crippen LogP contribution in [0.4, 0.5) is 34.1 Å². The highest BCUT2D eigenvalue weighted by Gasteiger charge is 2.15. The number of nitrogens with zero attached hydrogens (tertiary/aromatic N) is 2. The van der Waals surface area contributed by atoms with Crippen LogP contribution in [0.5, 0.6) is 0 Å². The maximum atomic E-state index is 2.34. The first-order valence-corrected chi connectivity index (χ1v) is 24.7. The van der Waals surface area contributed by atoms with Gasteiger partial charge in [-0.05, 0) is 209 Å². The lowest BCUT2D eigenvalue weighted by Gasteiger charge is -2.25. The van der Waals surface area contributed by atoms with Crippen LogP contribution in [0.25, 0.3) is 87.6 Å². The van der Waals surface area contributed by atoms with Crippen molar-refractivity contribution < 1.29 is 0 Å². The van der Waals surface area contributed by atoms with Crippen LogP contribution in [-0.2, 0) is 0 Å². The maximum Gasteiger partial charge on any atom is 0.0462 e. The van der Waals surface area contributed by atoms with Crippen LogP contribution in [0.1, 0.15) is 0 Å². The summed E-state index contributed by atoms with van der Waals surface area (Å²) >= 11 is 0. The minimum absolute atomic E-state index is 1.13. The second kappa shape index (κ2) is 18.4. The summed E-state index contributed by atoms with van der Waals surface area (Å²) in [5, 5.41) is 9.87. The number of hydrogen-bond donors (Lipinski definition) is 0. The highest BCUT2D eigenvalue weighted by Crippen LogP contribution is 2.39. The molecule has 0 saturated carbocycles. The Balaban J connectivity index is 0.723. The Labute approximate surface area is 420 Å². The van der Waals surface area contributed by atoms with E-state index in [0.717, 1.165) is 34.1 Å². The number of anilines is 6. The van der Waals surface area contributed by atoms with E-state index in [-0.39, 0.29) is 0 Å². The third-order valence-corrected chi connectivity index (χ3v) is 14.1. The normalized spacial score (nSPS) is 11.3. The van der Waals surface area contributed by atoms with Crippen molar-refractivity contribution in [3.8, 4) is 44.5 Å². The molecule has 13 aromatic rings. The molecular formula is C70H48N2. The first kappa shape index (κ1) is 42.6. The minimum atomic E-state index is 1.13. The van der Waals surface area contributed by atoms with Crippen molar-refractivity contribution in [1.29, 1.82) is 0 Å². The summed E-state index contributed by atoms with van der Waals surface area (Å²) in [6.45, 7) is 0. The Kier molecular flexibility index (Phi) is 10.9. The summed E-state index contributed by atoms with van der Waals surface area (Å²) in [6, 6.07) is 106. The van der Waals surface area contributed by atoms with Gasteiger partial charge in [-0.25, -0.2) is 0 Å². The predicted octanol–water partition coefficient (Wildman–Crippen LogP) is 19.9. The molecule has 0 aliphatic rings. The van der Waals surface area contributed by atoms with Crippen LogP contribution in [-0.4, -0.2) is 0 Å². The molecule has 0 saturated heterocycles. The number of rotatable bonds is 10. The SMILES string of the molecule is c1ccc(N(c2ccccc2)c2ccc(-c3ccc4cc(-c5ccc6cc7cc(-c8ccc9cc(-c%10ccc(N(c%11ccccc%11)c%11ccccc%11)cc%10)ccc9c8)ccc7cc6c5)ccc4c3)cc2)cc1. The molecule has 0 fully saturated rings. The first-order valence-electron chi connectivity index (χ1n) is 24.7. The van der Waals surface area contributed by atoms with E-state index in [1.165, 1.54) is 87.6 Å². The lowest BCUT2D eigenvalue weighted by atomic mass is 9.94. The van der Waals surface area contributed by atoms with Crippen molar-refractivity contribution in [3.05, 3.63) is 291 Å². The average molecular weight is 917 g/mol. The van der Waals surface area contributed by atoms with Gasteiger partial charge in [-0.15, -0.1) is 0 Å². The second-order valence-corrected chi connectivity index (χ2v) is 18.6. The molecule has 0 spiro atoms. The highest BCUT2D eigenvalue weighted by atomic mass is 15.1. The molecule has 13 rings (SSSR count). The van der Waals surface area contributed by atoms with E-state index >= 15 is 0 Å². The number of para-hydroxylation sites is 4. The molecule has 0 bridgehead atoms. The van der Waals surface area contributed by atoms with E-state index in [1.54, 1.807) is 0 Å². The molecular weight excluding hydrogens is 869 g/mol.